The molecule has 2 heterocycles. The van der Waals surface area contributed by atoms with Crippen LogP contribution in [0.1, 0.15) is 38.3 Å². The van der Waals surface area contributed by atoms with Crippen LogP contribution >= 0.6 is 0 Å². The van der Waals surface area contributed by atoms with E-state index in [0.29, 0.717) is 18.9 Å². The highest BCUT2D eigenvalue weighted by Gasteiger charge is 2.16. The Bertz CT molecular complexity index is 1720. The third kappa shape index (κ3) is 7.21. The molecular formula is C33H39N7O3. The average molecular weight is 582 g/mol. The van der Waals surface area contributed by atoms with Crippen LogP contribution in [0.15, 0.2) is 60.8 Å². The van der Waals surface area contributed by atoms with Crippen molar-refractivity contribution in [1.29, 1.82) is 0 Å². The fraction of sp³-hybridized carbons (Fsp3) is 0.333. The van der Waals surface area contributed by atoms with Gasteiger partial charge in [-0.1, -0.05) is 44.2 Å². The molecule has 0 aliphatic heterocycles. The van der Waals surface area contributed by atoms with E-state index in [-0.39, 0.29) is 12.5 Å². The van der Waals surface area contributed by atoms with Gasteiger partial charge in [0, 0.05) is 12.1 Å². The Hall–Kier alpha value is -4.70. The SMILES string of the molecule is CCCN(C)Cc1nc2ccc(-c3ccc4cc(-c5cnc(CN(CCC)C(=O)CNC(=O)OC)[nH]5)ccc4c3)cc2[nH]1. The number of nitrogens with zero attached hydrogens (tertiary/aromatic N) is 4. The number of hydrogen-bond donors (Lipinski definition) is 3. The summed E-state index contributed by atoms with van der Waals surface area (Å²) in [7, 11) is 3.39. The number of amides is 2. The lowest BCUT2D eigenvalue weighted by atomic mass is 9.99. The molecule has 0 radical (unpaired) electrons. The summed E-state index contributed by atoms with van der Waals surface area (Å²) in [5, 5.41) is 4.72. The number of carbonyl (C=O) groups excluding carboxylic acids is 2. The number of alkyl carbamates (subject to hydrolysis) is 1. The van der Waals surface area contributed by atoms with Crippen molar-refractivity contribution in [3.63, 3.8) is 0 Å². The summed E-state index contributed by atoms with van der Waals surface area (Å²) in [5.41, 5.74) is 6.20. The van der Waals surface area contributed by atoms with Crippen LogP contribution in [0.2, 0.25) is 0 Å². The first-order valence-electron chi connectivity index (χ1n) is 14.7. The summed E-state index contributed by atoms with van der Waals surface area (Å²) in [5.74, 6) is 1.47. The molecule has 0 aliphatic carbocycles. The smallest absolute Gasteiger partial charge is 0.407 e. The van der Waals surface area contributed by atoms with Gasteiger partial charge >= 0.3 is 6.09 Å². The minimum Gasteiger partial charge on any atom is -0.453 e. The molecule has 3 aromatic carbocycles. The molecule has 5 aromatic rings. The van der Waals surface area contributed by atoms with Gasteiger partial charge in [0.15, 0.2) is 0 Å². The standard InChI is InChI=1S/C33H39N7O3/c1-5-13-39(3)20-31-36-27-12-11-25(17-28(27)37-31)23-7-8-24-16-26(10-9-22(24)15-23)29-18-34-30(38-29)21-40(14-6-2)32(41)19-35-33(42)43-4/h7-12,15-18H,5-6,13-14,19-21H2,1-4H3,(H,34,38)(H,35,42)(H,36,37). The summed E-state index contributed by atoms with van der Waals surface area (Å²) in [6.45, 7) is 6.78. The molecule has 43 heavy (non-hydrogen) atoms. The molecule has 224 valence electrons. The first-order chi connectivity index (χ1) is 20.9. The number of rotatable bonds is 12. The number of methoxy groups -OCH3 is 1. The Morgan fingerprint density at radius 3 is 2.30 bits per heavy atom. The molecular weight excluding hydrogens is 542 g/mol. The molecule has 2 aromatic heterocycles. The number of ether oxygens (including phenoxy) is 1. The third-order valence-electron chi connectivity index (χ3n) is 7.43. The van der Waals surface area contributed by atoms with Gasteiger partial charge in [-0.25, -0.2) is 14.8 Å². The highest BCUT2D eigenvalue weighted by Crippen LogP contribution is 2.29. The molecule has 0 saturated heterocycles. The van der Waals surface area contributed by atoms with E-state index in [9.17, 15) is 9.59 Å². The summed E-state index contributed by atoms with van der Waals surface area (Å²) in [4.78, 5) is 44.1. The van der Waals surface area contributed by atoms with Gasteiger partial charge in [0.2, 0.25) is 5.91 Å². The van der Waals surface area contributed by atoms with Crippen molar-refractivity contribution in [2.45, 2.75) is 39.8 Å². The van der Waals surface area contributed by atoms with Gasteiger partial charge in [0.25, 0.3) is 0 Å². The van der Waals surface area contributed by atoms with E-state index in [1.807, 2.05) is 6.92 Å². The maximum atomic E-state index is 12.6. The number of carbonyl (C=O) groups is 2. The molecule has 0 fully saturated rings. The second-order valence-electron chi connectivity index (χ2n) is 10.8. The Morgan fingerprint density at radius 2 is 1.56 bits per heavy atom. The van der Waals surface area contributed by atoms with Gasteiger partial charge in [0.1, 0.15) is 18.2 Å². The van der Waals surface area contributed by atoms with Crippen LogP contribution in [0, 0.1) is 0 Å². The van der Waals surface area contributed by atoms with E-state index >= 15 is 0 Å². The van der Waals surface area contributed by atoms with Crippen molar-refractivity contribution in [2.24, 2.45) is 0 Å². The van der Waals surface area contributed by atoms with E-state index in [1.165, 1.54) is 7.11 Å². The zero-order valence-electron chi connectivity index (χ0n) is 25.2. The fourth-order valence-corrected chi connectivity index (χ4v) is 5.29. The van der Waals surface area contributed by atoms with Gasteiger partial charge in [-0.2, -0.15) is 0 Å². The van der Waals surface area contributed by atoms with Gasteiger partial charge < -0.3 is 24.9 Å². The fourth-order valence-electron chi connectivity index (χ4n) is 5.29. The van der Waals surface area contributed by atoms with E-state index < -0.39 is 6.09 Å². The van der Waals surface area contributed by atoms with Gasteiger partial charge in [0.05, 0.1) is 43.1 Å². The number of nitrogens with one attached hydrogen (secondary N) is 3. The maximum absolute atomic E-state index is 12.6. The molecule has 0 atom stereocenters. The van der Waals surface area contributed by atoms with E-state index in [0.717, 1.165) is 75.9 Å². The Labute approximate surface area is 251 Å². The molecule has 0 aliphatic rings. The highest BCUT2D eigenvalue weighted by atomic mass is 16.5. The van der Waals surface area contributed by atoms with E-state index in [1.54, 1.807) is 11.1 Å². The Balaban J connectivity index is 1.30. The number of imidazole rings is 2. The van der Waals surface area contributed by atoms with Gasteiger partial charge in [-0.05, 0) is 72.6 Å². The molecule has 0 unspecified atom stereocenters. The summed E-state index contributed by atoms with van der Waals surface area (Å²) < 4.78 is 4.56. The minimum absolute atomic E-state index is 0.125. The quantitative estimate of drug-likeness (QED) is 0.174. The monoisotopic (exact) mass is 581 g/mol. The number of aromatic nitrogens is 4. The normalized spacial score (nSPS) is 11.4. The maximum Gasteiger partial charge on any atom is 0.407 e. The van der Waals surface area contributed by atoms with E-state index in [4.69, 9.17) is 4.98 Å². The Morgan fingerprint density at radius 1 is 0.860 bits per heavy atom. The second-order valence-corrected chi connectivity index (χ2v) is 10.8. The first-order valence-corrected chi connectivity index (χ1v) is 14.7. The lowest BCUT2D eigenvalue weighted by Crippen LogP contribution is -2.40. The van der Waals surface area contributed by atoms with Gasteiger partial charge in [-0.15, -0.1) is 0 Å². The number of fused-ring (bicyclic) bond motifs is 2. The van der Waals surface area contributed by atoms with Crippen molar-refractivity contribution in [2.75, 3.05) is 33.8 Å². The van der Waals surface area contributed by atoms with Crippen LogP contribution < -0.4 is 5.32 Å². The zero-order chi connectivity index (χ0) is 30.3. The molecule has 0 bridgehead atoms. The molecule has 5 rings (SSSR count). The lowest BCUT2D eigenvalue weighted by Gasteiger charge is -2.21. The van der Waals surface area contributed by atoms with Crippen molar-refractivity contribution in [3.05, 3.63) is 72.4 Å². The lowest BCUT2D eigenvalue weighted by molar-refractivity contribution is -0.130. The van der Waals surface area contributed by atoms with Crippen LogP contribution in [-0.4, -0.2) is 75.5 Å². The molecule has 0 spiro atoms. The van der Waals surface area contributed by atoms with Crippen LogP contribution in [0.5, 0.6) is 0 Å². The van der Waals surface area contributed by atoms with Crippen molar-refractivity contribution < 1.29 is 14.3 Å². The average Bonchev–Trinajstić information content (AvgIpc) is 3.65. The summed E-state index contributed by atoms with van der Waals surface area (Å²) >= 11 is 0. The Kier molecular flexibility index (Phi) is 9.36. The number of benzene rings is 3. The number of aromatic amines is 2. The number of hydrogen-bond acceptors (Lipinski definition) is 6. The highest BCUT2D eigenvalue weighted by molar-refractivity contribution is 5.91. The topological polar surface area (TPSA) is 119 Å². The molecule has 3 N–H and O–H groups in total. The van der Waals surface area contributed by atoms with Crippen LogP contribution in [0.25, 0.3) is 44.2 Å². The van der Waals surface area contributed by atoms with Crippen molar-refractivity contribution in [1.82, 2.24) is 35.1 Å². The van der Waals surface area contributed by atoms with Crippen LogP contribution in [-0.2, 0) is 22.6 Å². The predicted octanol–water partition coefficient (Wildman–Crippen LogP) is 5.71. The number of H-pyrrole nitrogens is 2. The van der Waals surface area contributed by atoms with Crippen LogP contribution in [0.4, 0.5) is 4.79 Å². The second kappa shape index (κ2) is 13.5. The van der Waals surface area contributed by atoms with Crippen molar-refractivity contribution in [3.8, 4) is 22.4 Å². The van der Waals surface area contributed by atoms with Crippen molar-refractivity contribution >= 4 is 33.8 Å². The first kappa shape index (κ1) is 29.8. The molecule has 2 amide bonds. The molecule has 0 saturated carbocycles. The molecule has 10 heteroatoms. The molecule has 10 nitrogen and oxygen atoms in total. The summed E-state index contributed by atoms with van der Waals surface area (Å²) in [6.07, 6.45) is 3.07. The van der Waals surface area contributed by atoms with E-state index in [2.05, 4.69) is 98.5 Å². The third-order valence-corrected chi connectivity index (χ3v) is 7.43. The van der Waals surface area contributed by atoms with Gasteiger partial charge in [-0.3, -0.25) is 9.69 Å². The zero-order valence-corrected chi connectivity index (χ0v) is 25.2. The predicted molar refractivity (Wildman–Crippen MR) is 169 cm³/mol. The van der Waals surface area contributed by atoms with Crippen LogP contribution in [0.3, 0.4) is 0 Å². The summed E-state index contributed by atoms with van der Waals surface area (Å²) in [6, 6.07) is 19.2. The minimum atomic E-state index is -0.632. The largest absolute Gasteiger partial charge is 0.453 e.